The van der Waals surface area contributed by atoms with Crippen LogP contribution >= 0.6 is 23.1 Å². The van der Waals surface area contributed by atoms with Crippen LogP contribution in [0.1, 0.15) is 10.4 Å². The number of hydrogen-bond donors (Lipinski definition) is 1. The maximum Gasteiger partial charge on any atom is 0.0454 e. The zero-order chi connectivity index (χ0) is 10.7. The SMILES string of the molecule is Cc1ccc(SCc2cccs2)c(N)c1. The van der Waals surface area contributed by atoms with Crippen LogP contribution < -0.4 is 5.73 Å². The summed E-state index contributed by atoms with van der Waals surface area (Å²) in [6, 6.07) is 10.5. The van der Waals surface area contributed by atoms with E-state index in [4.69, 9.17) is 5.73 Å². The lowest BCUT2D eigenvalue weighted by atomic mass is 10.2. The monoisotopic (exact) mass is 235 g/mol. The molecule has 0 fully saturated rings. The summed E-state index contributed by atoms with van der Waals surface area (Å²) in [5, 5.41) is 2.11. The Labute approximate surface area is 98.3 Å². The number of anilines is 1. The first-order chi connectivity index (χ1) is 7.25. The van der Waals surface area contributed by atoms with Gasteiger partial charge in [0.25, 0.3) is 0 Å². The molecule has 1 heterocycles. The van der Waals surface area contributed by atoms with E-state index < -0.39 is 0 Å². The molecule has 15 heavy (non-hydrogen) atoms. The van der Waals surface area contributed by atoms with Crippen molar-refractivity contribution < 1.29 is 0 Å². The number of thiophene rings is 1. The van der Waals surface area contributed by atoms with Crippen LogP contribution in [-0.4, -0.2) is 0 Å². The van der Waals surface area contributed by atoms with E-state index in [0.717, 1.165) is 11.4 Å². The lowest BCUT2D eigenvalue weighted by Gasteiger charge is -2.05. The van der Waals surface area contributed by atoms with E-state index in [0.29, 0.717) is 0 Å². The molecule has 0 aliphatic heterocycles. The molecule has 1 aromatic carbocycles. The highest BCUT2D eigenvalue weighted by Crippen LogP contribution is 2.29. The second-order valence-corrected chi connectivity index (χ2v) is 5.46. The third kappa shape index (κ3) is 2.76. The van der Waals surface area contributed by atoms with E-state index in [1.807, 2.05) is 6.07 Å². The summed E-state index contributed by atoms with van der Waals surface area (Å²) >= 11 is 3.59. The molecule has 0 unspecified atom stereocenters. The molecular formula is C12H13NS2. The normalized spacial score (nSPS) is 10.5. The molecule has 0 bridgehead atoms. The Kier molecular flexibility index (Phi) is 3.34. The topological polar surface area (TPSA) is 26.0 Å². The first kappa shape index (κ1) is 10.6. The van der Waals surface area contributed by atoms with E-state index in [2.05, 4.69) is 36.6 Å². The average Bonchev–Trinajstić information content (AvgIpc) is 2.69. The molecular weight excluding hydrogens is 222 g/mol. The number of rotatable bonds is 3. The molecule has 2 N–H and O–H groups in total. The predicted octanol–water partition coefficient (Wildman–Crippen LogP) is 3.93. The van der Waals surface area contributed by atoms with E-state index in [1.54, 1.807) is 23.1 Å². The van der Waals surface area contributed by atoms with E-state index in [1.165, 1.54) is 15.3 Å². The van der Waals surface area contributed by atoms with Crippen LogP contribution in [0.3, 0.4) is 0 Å². The highest BCUT2D eigenvalue weighted by Gasteiger charge is 2.01. The average molecular weight is 235 g/mol. The second-order valence-electron chi connectivity index (χ2n) is 3.41. The summed E-state index contributed by atoms with van der Waals surface area (Å²) in [6.07, 6.45) is 0. The van der Waals surface area contributed by atoms with Gasteiger partial charge in [-0.25, -0.2) is 0 Å². The number of thioether (sulfide) groups is 1. The molecule has 0 saturated heterocycles. The highest BCUT2D eigenvalue weighted by molar-refractivity contribution is 7.98. The van der Waals surface area contributed by atoms with Gasteiger partial charge in [0.15, 0.2) is 0 Å². The van der Waals surface area contributed by atoms with Crippen LogP contribution in [0.15, 0.2) is 40.6 Å². The van der Waals surface area contributed by atoms with Gasteiger partial charge in [-0.2, -0.15) is 0 Å². The Balaban J connectivity index is 2.05. The van der Waals surface area contributed by atoms with Crippen LogP contribution in [0.4, 0.5) is 5.69 Å². The Morgan fingerprint density at radius 1 is 1.33 bits per heavy atom. The maximum atomic E-state index is 5.94. The van der Waals surface area contributed by atoms with Crippen LogP contribution in [0.25, 0.3) is 0 Å². The van der Waals surface area contributed by atoms with Crippen LogP contribution in [0, 0.1) is 6.92 Å². The number of aryl methyl sites for hydroxylation is 1. The molecule has 2 rings (SSSR count). The van der Waals surface area contributed by atoms with Crippen molar-refractivity contribution in [2.75, 3.05) is 5.73 Å². The lowest BCUT2D eigenvalue weighted by molar-refractivity contribution is 1.37. The summed E-state index contributed by atoms with van der Waals surface area (Å²) in [5.41, 5.74) is 8.04. The first-order valence-electron chi connectivity index (χ1n) is 4.77. The molecule has 1 nitrogen and oxygen atoms in total. The largest absolute Gasteiger partial charge is 0.398 e. The quantitative estimate of drug-likeness (QED) is 0.644. The molecule has 3 heteroatoms. The van der Waals surface area contributed by atoms with Crippen molar-refractivity contribution in [3.05, 3.63) is 46.2 Å². The van der Waals surface area contributed by atoms with Crippen molar-refractivity contribution >= 4 is 28.8 Å². The number of benzene rings is 1. The fourth-order valence-electron chi connectivity index (χ4n) is 1.34. The van der Waals surface area contributed by atoms with Crippen LogP contribution in [0.5, 0.6) is 0 Å². The van der Waals surface area contributed by atoms with Gasteiger partial charge in [-0.3, -0.25) is 0 Å². The summed E-state index contributed by atoms with van der Waals surface area (Å²) in [5.74, 6) is 1.00. The van der Waals surface area contributed by atoms with E-state index >= 15 is 0 Å². The van der Waals surface area contributed by atoms with Crippen LogP contribution in [-0.2, 0) is 5.75 Å². The molecule has 0 radical (unpaired) electrons. The van der Waals surface area contributed by atoms with Gasteiger partial charge in [-0.15, -0.1) is 23.1 Å². The molecule has 0 spiro atoms. The first-order valence-corrected chi connectivity index (χ1v) is 6.63. The summed E-state index contributed by atoms with van der Waals surface area (Å²) < 4.78 is 0. The van der Waals surface area contributed by atoms with Crippen LogP contribution in [0.2, 0.25) is 0 Å². The Hall–Kier alpha value is -0.930. The van der Waals surface area contributed by atoms with Crippen molar-refractivity contribution in [2.45, 2.75) is 17.6 Å². The minimum Gasteiger partial charge on any atom is -0.398 e. The Bertz CT molecular complexity index is 435. The maximum absolute atomic E-state index is 5.94. The number of nitrogen functional groups attached to an aromatic ring is 1. The summed E-state index contributed by atoms with van der Waals surface area (Å²) in [7, 11) is 0. The molecule has 0 saturated carbocycles. The van der Waals surface area contributed by atoms with E-state index in [9.17, 15) is 0 Å². The summed E-state index contributed by atoms with van der Waals surface area (Å²) in [6.45, 7) is 2.06. The molecule has 2 aromatic rings. The van der Waals surface area contributed by atoms with Gasteiger partial charge in [0.1, 0.15) is 0 Å². The van der Waals surface area contributed by atoms with Crippen molar-refractivity contribution in [2.24, 2.45) is 0 Å². The van der Waals surface area contributed by atoms with Gasteiger partial charge < -0.3 is 5.73 Å². The van der Waals surface area contributed by atoms with Crippen molar-refractivity contribution in [3.63, 3.8) is 0 Å². The number of hydrogen-bond acceptors (Lipinski definition) is 3. The molecule has 0 atom stereocenters. The van der Waals surface area contributed by atoms with Gasteiger partial charge in [-0.1, -0.05) is 12.1 Å². The molecule has 78 valence electrons. The third-order valence-electron chi connectivity index (χ3n) is 2.12. The summed E-state index contributed by atoms with van der Waals surface area (Å²) in [4.78, 5) is 2.56. The van der Waals surface area contributed by atoms with Gasteiger partial charge in [0.05, 0.1) is 0 Å². The third-order valence-corrected chi connectivity index (χ3v) is 4.31. The van der Waals surface area contributed by atoms with E-state index in [-0.39, 0.29) is 0 Å². The molecule has 1 aromatic heterocycles. The Morgan fingerprint density at radius 3 is 2.87 bits per heavy atom. The van der Waals surface area contributed by atoms with Crippen molar-refractivity contribution in [3.8, 4) is 0 Å². The van der Waals surface area contributed by atoms with Crippen molar-refractivity contribution in [1.29, 1.82) is 0 Å². The lowest BCUT2D eigenvalue weighted by Crippen LogP contribution is -1.89. The number of nitrogens with two attached hydrogens (primary N) is 1. The standard InChI is InChI=1S/C12H13NS2/c1-9-4-5-12(11(13)7-9)15-8-10-3-2-6-14-10/h2-7H,8,13H2,1H3. The zero-order valence-corrected chi connectivity index (χ0v) is 10.2. The Morgan fingerprint density at radius 2 is 2.20 bits per heavy atom. The minimum absolute atomic E-state index is 0.886. The predicted molar refractivity (Wildman–Crippen MR) is 69.5 cm³/mol. The fraction of sp³-hybridized carbons (Fsp3) is 0.167. The van der Waals surface area contributed by atoms with Gasteiger partial charge >= 0.3 is 0 Å². The molecule has 0 aliphatic carbocycles. The second kappa shape index (κ2) is 4.73. The highest BCUT2D eigenvalue weighted by atomic mass is 32.2. The minimum atomic E-state index is 0.886. The van der Waals surface area contributed by atoms with Gasteiger partial charge in [0, 0.05) is 21.2 Å². The van der Waals surface area contributed by atoms with Gasteiger partial charge in [-0.05, 0) is 36.1 Å². The molecule has 0 aliphatic rings. The fourth-order valence-corrected chi connectivity index (χ4v) is 3.06. The molecule has 0 amide bonds. The smallest absolute Gasteiger partial charge is 0.0454 e. The van der Waals surface area contributed by atoms with Gasteiger partial charge in [0.2, 0.25) is 0 Å². The van der Waals surface area contributed by atoms with Crippen molar-refractivity contribution in [1.82, 2.24) is 0 Å². The zero-order valence-electron chi connectivity index (χ0n) is 8.57.